The van der Waals surface area contributed by atoms with E-state index < -0.39 is 11.4 Å². The molecule has 0 amide bonds. The van der Waals surface area contributed by atoms with Gasteiger partial charge in [0.15, 0.2) is 22.9 Å². The first-order valence-corrected chi connectivity index (χ1v) is 8.21. The van der Waals surface area contributed by atoms with Gasteiger partial charge in [-0.05, 0) is 26.0 Å². The minimum absolute atomic E-state index is 0.277. The standard InChI is InChI=1S/C19H21N3O5/c1-19(2,24)17(23)11-8-20-18-15(11)22-12(9-21-18)10-6-13(25-3)16(27-5)14(7-10)26-4/h6-9,24H,1-5H3,(H,20,21). The molecular formula is C19H21N3O5. The zero-order chi connectivity index (χ0) is 19.8. The maximum atomic E-state index is 12.5. The number of hydrogen-bond acceptors (Lipinski definition) is 7. The number of fused-ring (bicyclic) bond motifs is 1. The van der Waals surface area contributed by atoms with Gasteiger partial charge in [0.05, 0.1) is 38.8 Å². The van der Waals surface area contributed by atoms with Crippen LogP contribution in [0.4, 0.5) is 0 Å². The maximum absolute atomic E-state index is 12.5. The maximum Gasteiger partial charge on any atom is 0.203 e. The molecule has 0 aliphatic heterocycles. The highest BCUT2D eigenvalue weighted by Crippen LogP contribution is 2.41. The monoisotopic (exact) mass is 371 g/mol. The highest BCUT2D eigenvalue weighted by atomic mass is 16.5. The first kappa shape index (κ1) is 18.7. The van der Waals surface area contributed by atoms with Gasteiger partial charge in [-0.15, -0.1) is 0 Å². The summed E-state index contributed by atoms with van der Waals surface area (Å²) in [5, 5.41) is 10.0. The molecule has 142 valence electrons. The fourth-order valence-electron chi connectivity index (χ4n) is 2.76. The third-order valence-electron chi connectivity index (χ3n) is 4.14. The summed E-state index contributed by atoms with van der Waals surface area (Å²) in [6.45, 7) is 2.87. The number of aromatic amines is 1. The molecule has 0 aliphatic rings. The summed E-state index contributed by atoms with van der Waals surface area (Å²) in [7, 11) is 4.59. The lowest BCUT2D eigenvalue weighted by molar-refractivity contribution is 0.0489. The Bertz CT molecular complexity index is 979. The Kier molecular flexibility index (Phi) is 4.75. The van der Waals surface area contributed by atoms with Crippen molar-refractivity contribution < 1.29 is 24.1 Å². The van der Waals surface area contributed by atoms with Crippen LogP contribution in [0.25, 0.3) is 22.4 Å². The van der Waals surface area contributed by atoms with E-state index in [0.29, 0.717) is 39.7 Å². The fraction of sp³-hybridized carbons (Fsp3) is 0.316. The Morgan fingerprint density at radius 1 is 1.11 bits per heavy atom. The smallest absolute Gasteiger partial charge is 0.203 e. The summed E-state index contributed by atoms with van der Waals surface area (Å²) < 4.78 is 16.1. The molecule has 0 aliphatic carbocycles. The van der Waals surface area contributed by atoms with Crippen molar-refractivity contribution in [1.82, 2.24) is 15.0 Å². The number of carbonyl (C=O) groups is 1. The van der Waals surface area contributed by atoms with E-state index in [1.54, 1.807) is 18.3 Å². The number of hydrogen-bond donors (Lipinski definition) is 2. The van der Waals surface area contributed by atoms with Gasteiger partial charge in [0, 0.05) is 11.8 Å². The van der Waals surface area contributed by atoms with Crippen molar-refractivity contribution in [2.24, 2.45) is 0 Å². The van der Waals surface area contributed by atoms with E-state index in [0.717, 1.165) is 0 Å². The van der Waals surface area contributed by atoms with Crippen LogP contribution < -0.4 is 14.2 Å². The minimum Gasteiger partial charge on any atom is -0.493 e. The molecule has 0 saturated carbocycles. The number of Topliss-reactive ketones (excluding diaryl/α,β-unsaturated/α-hetero) is 1. The summed E-state index contributed by atoms with van der Waals surface area (Å²) in [6, 6.07) is 3.50. The number of carbonyl (C=O) groups excluding carboxylic acids is 1. The number of H-pyrrole nitrogens is 1. The summed E-state index contributed by atoms with van der Waals surface area (Å²) in [4.78, 5) is 24.3. The second-order valence-electron chi connectivity index (χ2n) is 6.46. The van der Waals surface area contributed by atoms with E-state index in [9.17, 15) is 9.90 Å². The average molecular weight is 371 g/mol. The van der Waals surface area contributed by atoms with E-state index in [1.807, 2.05) is 0 Å². The number of nitrogens with zero attached hydrogens (tertiary/aromatic N) is 2. The SMILES string of the molecule is COc1cc(-c2cnc3[nH]cc(C(=O)C(C)(C)O)c3n2)cc(OC)c1OC. The fourth-order valence-corrected chi connectivity index (χ4v) is 2.76. The zero-order valence-electron chi connectivity index (χ0n) is 15.8. The Hall–Kier alpha value is -3.13. The van der Waals surface area contributed by atoms with E-state index in [2.05, 4.69) is 15.0 Å². The van der Waals surface area contributed by atoms with Crippen LogP contribution in [-0.4, -0.2) is 52.8 Å². The predicted molar refractivity (Wildman–Crippen MR) is 99.6 cm³/mol. The Morgan fingerprint density at radius 2 is 1.74 bits per heavy atom. The van der Waals surface area contributed by atoms with Crippen molar-refractivity contribution in [3.05, 3.63) is 30.1 Å². The first-order valence-electron chi connectivity index (χ1n) is 8.21. The van der Waals surface area contributed by atoms with Gasteiger partial charge in [0.2, 0.25) is 5.75 Å². The van der Waals surface area contributed by atoms with E-state index >= 15 is 0 Å². The lowest BCUT2D eigenvalue weighted by Crippen LogP contribution is -2.31. The van der Waals surface area contributed by atoms with Gasteiger partial charge >= 0.3 is 0 Å². The quantitative estimate of drug-likeness (QED) is 0.641. The van der Waals surface area contributed by atoms with Gasteiger partial charge in [-0.2, -0.15) is 0 Å². The number of benzene rings is 1. The Morgan fingerprint density at radius 3 is 2.26 bits per heavy atom. The number of ether oxygens (including phenoxy) is 3. The van der Waals surface area contributed by atoms with Crippen LogP contribution in [0, 0.1) is 0 Å². The number of ketones is 1. The molecule has 3 rings (SSSR count). The van der Waals surface area contributed by atoms with Crippen LogP contribution in [0.15, 0.2) is 24.5 Å². The zero-order valence-corrected chi connectivity index (χ0v) is 15.8. The summed E-state index contributed by atoms with van der Waals surface area (Å²) in [5.41, 5.74) is 0.804. The van der Waals surface area contributed by atoms with Crippen molar-refractivity contribution >= 4 is 16.9 Å². The van der Waals surface area contributed by atoms with Gasteiger partial charge in [-0.25, -0.2) is 9.97 Å². The van der Waals surface area contributed by atoms with Crippen molar-refractivity contribution in [3.8, 4) is 28.5 Å². The van der Waals surface area contributed by atoms with Crippen LogP contribution >= 0.6 is 0 Å². The van der Waals surface area contributed by atoms with Crippen molar-refractivity contribution in [2.45, 2.75) is 19.4 Å². The van der Waals surface area contributed by atoms with Crippen LogP contribution in [0.5, 0.6) is 17.2 Å². The van der Waals surface area contributed by atoms with E-state index in [-0.39, 0.29) is 5.56 Å². The highest BCUT2D eigenvalue weighted by Gasteiger charge is 2.28. The molecule has 8 nitrogen and oxygen atoms in total. The number of nitrogens with one attached hydrogen (secondary N) is 1. The molecule has 0 fully saturated rings. The third kappa shape index (κ3) is 3.31. The average Bonchev–Trinajstić information content (AvgIpc) is 3.08. The lowest BCUT2D eigenvalue weighted by atomic mass is 9.98. The van der Waals surface area contributed by atoms with Crippen LogP contribution in [0.1, 0.15) is 24.2 Å². The van der Waals surface area contributed by atoms with Crippen LogP contribution in [0.3, 0.4) is 0 Å². The molecule has 2 aromatic heterocycles. The van der Waals surface area contributed by atoms with Gasteiger partial charge in [-0.3, -0.25) is 4.79 Å². The number of aliphatic hydroxyl groups is 1. The lowest BCUT2D eigenvalue weighted by Gasteiger charge is -2.15. The third-order valence-corrected chi connectivity index (χ3v) is 4.14. The summed E-state index contributed by atoms with van der Waals surface area (Å²) in [5.74, 6) is 0.994. The number of aromatic nitrogens is 3. The predicted octanol–water partition coefficient (Wildman–Crippen LogP) is 2.60. The van der Waals surface area contributed by atoms with Crippen molar-refractivity contribution in [2.75, 3.05) is 21.3 Å². The van der Waals surface area contributed by atoms with Crippen molar-refractivity contribution in [3.63, 3.8) is 0 Å². The van der Waals surface area contributed by atoms with Gasteiger partial charge in [0.25, 0.3) is 0 Å². The number of methoxy groups -OCH3 is 3. The largest absolute Gasteiger partial charge is 0.493 e. The van der Waals surface area contributed by atoms with E-state index in [4.69, 9.17) is 14.2 Å². The minimum atomic E-state index is -1.51. The topological polar surface area (TPSA) is 107 Å². The first-order chi connectivity index (χ1) is 12.8. The molecular weight excluding hydrogens is 350 g/mol. The molecule has 2 N–H and O–H groups in total. The van der Waals surface area contributed by atoms with E-state index in [1.165, 1.54) is 41.4 Å². The molecule has 0 radical (unpaired) electrons. The highest BCUT2D eigenvalue weighted by molar-refractivity contribution is 6.09. The van der Waals surface area contributed by atoms with Gasteiger partial charge in [-0.1, -0.05) is 0 Å². The molecule has 0 spiro atoms. The van der Waals surface area contributed by atoms with Crippen molar-refractivity contribution in [1.29, 1.82) is 0 Å². The molecule has 2 heterocycles. The molecule has 8 heteroatoms. The summed E-state index contributed by atoms with van der Waals surface area (Å²) in [6.07, 6.45) is 3.09. The molecule has 1 aromatic carbocycles. The molecule has 0 bridgehead atoms. The second kappa shape index (κ2) is 6.88. The van der Waals surface area contributed by atoms with Gasteiger partial charge < -0.3 is 24.3 Å². The summed E-state index contributed by atoms with van der Waals surface area (Å²) >= 11 is 0. The second-order valence-corrected chi connectivity index (χ2v) is 6.46. The van der Waals surface area contributed by atoms with Gasteiger partial charge in [0.1, 0.15) is 11.1 Å². The van der Waals surface area contributed by atoms with Crippen LogP contribution in [-0.2, 0) is 0 Å². The molecule has 0 atom stereocenters. The molecule has 0 unspecified atom stereocenters. The van der Waals surface area contributed by atoms with Crippen LogP contribution in [0.2, 0.25) is 0 Å². The number of rotatable bonds is 6. The normalized spacial score (nSPS) is 11.5. The Balaban J connectivity index is 2.17. The Labute approximate surface area is 156 Å². The molecule has 27 heavy (non-hydrogen) atoms. The molecule has 3 aromatic rings. The molecule has 0 saturated heterocycles.